The van der Waals surface area contributed by atoms with Gasteiger partial charge in [-0.3, -0.25) is 4.79 Å². The predicted octanol–water partition coefficient (Wildman–Crippen LogP) is 3.85. The summed E-state index contributed by atoms with van der Waals surface area (Å²) in [6.07, 6.45) is 4.69. The molecule has 6 heteroatoms. The van der Waals surface area contributed by atoms with Crippen LogP contribution in [0.3, 0.4) is 0 Å². The summed E-state index contributed by atoms with van der Waals surface area (Å²) < 4.78 is 16.1. The molecule has 0 radical (unpaired) electrons. The summed E-state index contributed by atoms with van der Waals surface area (Å²) >= 11 is 0. The van der Waals surface area contributed by atoms with Crippen molar-refractivity contribution in [3.8, 4) is 11.5 Å². The molecule has 0 atom stereocenters. The lowest BCUT2D eigenvalue weighted by molar-refractivity contribution is -0.149. The van der Waals surface area contributed by atoms with Gasteiger partial charge in [-0.05, 0) is 51.2 Å². The first-order valence-electron chi connectivity index (χ1n) is 9.38. The molecule has 26 heavy (non-hydrogen) atoms. The van der Waals surface area contributed by atoms with Crippen LogP contribution >= 0.6 is 0 Å². The Labute approximate surface area is 154 Å². The lowest BCUT2D eigenvalue weighted by atomic mass is 9.87. The first-order valence-corrected chi connectivity index (χ1v) is 9.38. The number of carbonyl (C=O) groups is 2. The van der Waals surface area contributed by atoms with Crippen molar-refractivity contribution >= 4 is 11.9 Å². The highest BCUT2D eigenvalue weighted by atomic mass is 16.5. The van der Waals surface area contributed by atoms with Gasteiger partial charge in [-0.2, -0.15) is 0 Å². The fourth-order valence-corrected chi connectivity index (χ4v) is 3.01. The van der Waals surface area contributed by atoms with Gasteiger partial charge in [0.1, 0.15) is 17.1 Å². The van der Waals surface area contributed by atoms with Crippen molar-refractivity contribution in [1.82, 2.24) is 0 Å². The van der Waals surface area contributed by atoms with Crippen LogP contribution in [-0.2, 0) is 14.3 Å². The fourth-order valence-electron chi connectivity index (χ4n) is 3.01. The second-order valence-electron chi connectivity index (χ2n) is 6.51. The molecule has 6 nitrogen and oxygen atoms in total. The van der Waals surface area contributed by atoms with Crippen LogP contribution in [0.25, 0.3) is 0 Å². The molecular weight excluding hydrogens is 336 g/mol. The highest BCUT2D eigenvalue weighted by Gasteiger charge is 2.28. The van der Waals surface area contributed by atoms with Crippen molar-refractivity contribution in [1.29, 1.82) is 0 Å². The number of hydrogen-bond acceptors (Lipinski definition) is 6. The van der Waals surface area contributed by atoms with E-state index in [1.54, 1.807) is 6.07 Å². The number of phenolic OH excluding ortho intramolecular Hbond substituents is 1. The zero-order chi connectivity index (χ0) is 18.9. The largest absolute Gasteiger partial charge is 0.507 e. The van der Waals surface area contributed by atoms with Crippen molar-refractivity contribution in [2.45, 2.75) is 58.5 Å². The molecule has 0 spiro atoms. The minimum absolute atomic E-state index is 0.0116. The van der Waals surface area contributed by atoms with Crippen molar-refractivity contribution in [3.05, 3.63) is 23.8 Å². The van der Waals surface area contributed by atoms with E-state index < -0.39 is 5.97 Å². The van der Waals surface area contributed by atoms with Crippen molar-refractivity contribution in [2.24, 2.45) is 5.92 Å². The maximum atomic E-state index is 11.9. The summed E-state index contributed by atoms with van der Waals surface area (Å²) in [5.41, 5.74) is 0.138. The number of esters is 2. The number of carbonyl (C=O) groups excluding carboxylic acids is 2. The van der Waals surface area contributed by atoms with Crippen molar-refractivity contribution in [3.63, 3.8) is 0 Å². The van der Waals surface area contributed by atoms with Gasteiger partial charge in [-0.15, -0.1) is 0 Å². The maximum absolute atomic E-state index is 11.9. The molecule has 0 amide bonds. The Bertz CT molecular complexity index is 604. The van der Waals surface area contributed by atoms with E-state index in [0.717, 1.165) is 38.5 Å². The van der Waals surface area contributed by atoms with Crippen LogP contribution in [0.15, 0.2) is 18.2 Å². The van der Waals surface area contributed by atoms with E-state index in [4.69, 9.17) is 14.2 Å². The van der Waals surface area contributed by atoms with Gasteiger partial charge in [-0.1, -0.05) is 13.3 Å². The van der Waals surface area contributed by atoms with Crippen LogP contribution in [0.5, 0.6) is 11.5 Å². The number of ether oxygens (including phenoxy) is 3. The van der Waals surface area contributed by atoms with E-state index in [1.807, 2.05) is 13.8 Å². The second-order valence-corrected chi connectivity index (χ2v) is 6.51. The summed E-state index contributed by atoms with van der Waals surface area (Å²) in [4.78, 5) is 23.7. The number of phenols is 1. The lowest BCUT2D eigenvalue weighted by Gasteiger charge is -2.27. The molecule has 0 aromatic heterocycles. The molecule has 1 saturated carbocycles. The smallest absolute Gasteiger partial charge is 0.341 e. The van der Waals surface area contributed by atoms with E-state index in [0.29, 0.717) is 19.0 Å². The second kappa shape index (κ2) is 10.0. The Morgan fingerprint density at radius 1 is 1.12 bits per heavy atom. The Morgan fingerprint density at radius 2 is 1.85 bits per heavy atom. The maximum Gasteiger partial charge on any atom is 0.341 e. The third-order valence-corrected chi connectivity index (χ3v) is 4.52. The monoisotopic (exact) mass is 364 g/mol. The van der Waals surface area contributed by atoms with Crippen LogP contribution < -0.4 is 4.74 Å². The van der Waals surface area contributed by atoms with E-state index in [1.165, 1.54) is 12.1 Å². The molecule has 0 saturated heterocycles. The normalized spacial score (nSPS) is 19.6. The molecule has 0 aliphatic heterocycles. The molecule has 1 aliphatic rings. The fraction of sp³-hybridized carbons (Fsp3) is 0.600. The van der Waals surface area contributed by atoms with Crippen molar-refractivity contribution in [2.75, 3.05) is 13.2 Å². The highest BCUT2D eigenvalue weighted by Crippen LogP contribution is 2.31. The summed E-state index contributed by atoms with van der Waals surface area (Å²) in [6.45, 7) is 4.57. The summed E-state index contributed by atoms with van der Waals surface area (Å²) in [7, 11) is 0. The summed E-state index contributed by atoms with van der Waals surface area (Å²) in [6, 6.07) is 4.62. The van der Waals surface area contributed by atoms with Gasteiger partial charge in [0.25, 0.3) is 0 Å². The summed E-state index contributed by atoms with van der Waals surface area (Å²) in [5.74, 6) is -0.355. The van der Waals surface area contributed by atoms with E-state index in [9.17, 15) is 14.7 Å². The first kappa shape index (κ1) is 20.1. The molecule has 1 N–H and O–H groups in total. The molecule has 0 heterocycles. The van der Waals surface area contributed by atoms with E-state index in [2.05, 4.69) is 0 Å². The zero-order valence-electron chi connectivity index (χ0n) is 15.5. The Kier molecular flexibility index (Phi) is 7.75. The molecule has 144 valence electrons. The number of aromatic hydroxyl groups is 1. The van der Waals surface area contributed by atoms with Crippen LogP contribution in [0, 0.1) is 5.92 Å². The molecule has 0 unspecified atom stereocenters. The van der Waals surface area contributed by atoms with Crippen LogP contribution in [0.2, 0.25) is 0 Å². The van der Waals surface area contributed by atoms with Crippen LogP contribution in [0.1, 0.15) is 62.7 Å². The quantitative estimate of drug-likeness (QED) is 0.557. The first-order chi connectivity index (χ1) is 12.5. The Morgan fingerprint density at radius 3 is 2.46 bits per heavy atom. The predicted molar refractivity (Wildman–Crippen MR) is 96.3 cm³/mol. The molecule has 0 bridgehead atoms. The standard InChI is InChI=1S/C20H28O6/c1-3-5-12-25-20(23)17-11-10-16(13-18(17)21)26-15-8-6-14(7-9-15)19(22)24-4-2/h10-11,13-15,21H,3-9,12H2,1-2H3/t14-,15+. The minimum Gasteiger partial charge on any atom is -0.507 e. The number of hydrogen-bond donors (Lipinski definition) is 1. The third kappa shape index (κ3) is 5.64. The number of unbranched alkanes of at least 4 members (excludes halogenated alkanes) is 1. The lowest BCUT2D eigenvalue weighted by Crippen LogP contribution is -2.29. The van der Waals surface area contributed by atoms with Gasteiger partial charge >= 0.3 is 11.9 Å². The van der Waals surface area contributed by atoms with Crippen molar-refractivity contribution < 1.29 is 28.9 Å². The van der Waals surface area contributed by atoms with E-state index in [-0.39, 0.29) is 29.3 Å². The van der Waals surface area contributed by atoms with Gasteiger partial charge in [0.15, 0.2) is 0 Å². The van der Waals surface area contributed by atoms with Crippen LogP contribution in [0.4, 0.5) is 0 Å². The van der Waals surface area contributed by atoms with E-state index >= 15 is 0 Å². The Balaban J connectivity index is 1.86. The minimum atomic E-state index is -0.530. The average molecular weight is 364 g/mol. The zero-order valence-corrected chi connectivity index (χ0v) is 15.5. The van der Waals surface area contributed by atoms with Gasteiger partial charge in [0, 0.05) is 6.07 Å². The molecule has 1 aromatic carbocycles. The molecule has 1 aromatic rings. The summed E-state index contributed by atoms with van der Waals surface area (Å²) in [5, 5.41) is 10.1. The third-order valence-electron chi connectivity index (χ3n) is 4.52. The van der Waals surface area contributed by atoms with Gasteiger partial charge in [0.2, 0.25) is 0 Å². The highest BCUT2D eigenvalue weighted by molar-refractivity contribution is 5.92. The SMILES string of the molecule is CCCCOC(=O)c1ccc(O[C@H]2CC[C@@H](C(=O)OCC)CC2)cc1O. The molecule has 1 fully saturated rings. The number of rotatable bonds is 8. The van der Waals surface area contributed by atoms with Crippen LogP contribution in [-0.4, -0.2) is 36.4 Å². The average Bonchev–Trinajstić information content (AvgIpc) is 2.62. The number of benzene rings is 1. The molecule has 1 aliphatic carbocycles. The molecular formula is C20H28O6. The Hall–Kier alpha value is -2.24. The molecule has 2 rings (SSSR count). The van der Waals surface area contributed by atoms with Gasteiger partial charge < -0.3 is 19.3 Å². The topological polar surface area (TPSA) is 82.1 Å². The van der Waals surface area contributed by atoms with Gasteiger partial charge in [0.05, 0.1) is 25.2 Å². The van der Waals surface area contributed by atoms with Gasteiger partial charge in [-0.25, -0.2) is 4.79 Å².